The van der Waals surface area contributed by atoms with Crippen molar-refractivity contribution in [2.24, 2.45) is 5.92 Å². The maximum atomic E-state index is 12.8. The lowest BCUT2D eigenvalue weighted by molar-refractivity contribution is -0.152. The van der Waals surface area contributed by atoms with Gasteiger partial charge >= 0.3 is 17.9 Å². The summed E-state index contributed by atoms with van der Waals surface area (Å²) >= 11 is 0. The van der Waals surface area contributed by atoms with E-state index >= 15 is 0 Å². The van der Waals surface area contributed by atoms with Crippen molar-refractivity contribution < 1.29 is 67.2 Å². The summed E-state index contributed by atoms with van der Waals surface area (Å²) in [6.45, 7) is 31.0. The highest BCUT2D eigenvalue weighted by Crippen LogP contribution is 2.37. The molecular weight excluding hydrogens is 1060 g/mol. The summed E-state index contributed by atoms with van der Waals surface area (Å²) in [7, 11) is 0. The van der Waals surface area contributed by atoms with Crippen LogP contribution in [0.2, 0.25) is 0 Å². The fraction of sp³-hybridized carbons (Fsp3) is 0.529. The maximum Gasteiger partial charge on any atom is 0.339 e. The van der Waals surface area contributed by atoms with E-state index in [1.165, 1.54) is 0 Å². The number of aliphatic hydroxyl groups is 2. The molecule has 12 atom stereocenters. The van der Waals surface area contributed by atoms with E-state index in [0.717, 1.165) is 56.5 Å². The zero-order valence-electron chi connectivity index (χ0n) is 52.4. The molecule has 84 heavy (non-hydrogen) atoms. The van der Waals surface area contributed by atoms with Crippen LogP contribution in [0.25, 0.3) is 18.2 Å². The molecule has 456 valence electrons. The second-order valence-corrected chi connectivity index (χ2v) is 24.9. The fourth-order valence-corrected chi connectivity index (χ4v) is 11.9. The minimum absolute atomic E-state index is 0.00425. The van der Waals surface area contributed by atoms with Crippen molar-refractivity contribution in [1.82, 2.24) is 0 Å². The third-order valence-electron chi connectivity index (χ3n) is 15.4. The Morgan fingerprint density at radius 1 is 0.381 bits per heavy atom. The molecule has 14 nitrogen and oxygen atoms in total. The maximum absolute atomic E-state index is 12.8. The number of benzene rings is 3. The Hall–Kier alpha value is -5.81. The summed E-state index contributed by atoms with van der Waals surface area (Å²) in [5.74, 6) is -2.78. The summed E-state index contributed by atoms with van der Waals surface area (Å²) in [5, 5.41) is 21.1. The van der Waals surface area contributed by atoms with Gasteiger partial charge in [-0.1, -0.05) is 133 Å². The Bertz CT molecular complexity index is 2690. The van der Waals surface area contributed by atoms with E-state index in [2.05, 4.69) is 25.2 Å². The van der Waals surface area contributed by atoms with Crippen LogP contribution in [-0.4, -0.2) is 113 Å². The standard InChI is InChI=1S/C24H32O4.2C23H30O5/c1-15-13-17(3)21-19(14-15)11-8-12-20-22(28-24(5,6)27-20)16(2)9-7-10-18(4)26-23(21)25;2*1-14-12-15(2)20-17(13-14)9-7-11-19-21(28-23(4,5)27-19)18(24)10-6-8-16(3)26-22(20)25/h7-9,11,13-14,16,18,20,22H,10,12H2,1-6H3;2*6-7,9-10,12-13,16,18-19,21,24H,8,11H2,1-5H3/b9-7-,11-8+;2*9-7+,10-6-/t16?,18-,20-,22+;16-,18?,19+,21-;16-,18?,19-,21+/m000/s1. The second kappa shape index (κ2) is 28.1. The Kier molecular flexibility index (Phi) is 22.0. The molecule has 3 aromatic rings. The first-order chi connectivity index (χ1) is 39.5. The number of carbonyl (C=O) groups is 3. The van der Waals surface area contributed by atoms with Gasteiger partial charge in [0.1, 0.15) is 42.7 Å². The van der Waals surface area contributed by atoms with Crippen LogP contribution in [0.15, 0.2) is 91.1 Å². The van der Waals surface area contributed by atoms with E-state index in [1.807, 2.05) is 183 Å². The number of ether oxygens (including phenoxy) is 9. The largest absolute Gasteiger partial charge is 0.459 e. The van der Waals surface area contributed by atoms with Gasteiger partial charge in [0, 0.05) is 25.2 Å². The molecule has 6 aliphatic rings. The molecule has 0 aromatic heterocycles. The second-order valence-electron chi connectivity index (χ2n) is 24.9. The molecule has 0 amide bonds. The summed E-state index contributed by atoms with van der Waals surface area (Å²) in [6.07, 6.45) is 22.9. The molecule has 0 spiro atoms. The summed E-state index contributed by atoms with van der Waals surface area (Å²) in [6, 6.07) is 12.0. The molecule has 0 radical (unpaired) electrons. The van der Waals surface area contributed by atoms with Crippen LogP contribution in [-0.2, 0) is 42.6 Å². The molecule has 0 saturated carbocycles. The average molecular weight is 1160 g/mol. The molecule has 3 aromatic carbocycles. The summed E-state index contributed by atoms with van der Waals surface area (Å²) in [5.41, 5.74) is 10.4. The van der Waals surface area contributed by atoms with Crippen molar-refractivity contribution in [2.75, 3.05) is 0 Å². The van der Waals surface area contributed by atoms with Gasteiger partial charge in [-0.25, -0.2) is 14.4 Å². The Balaban J connectivity index is 0.000000181. The first-order valence-electron chi connectivity index (χ1n) is 29.9. The molecule has 6 aliphatic heterocycles. The number of cyclic esters (lactones) is 3. The van der Waals surface area contributed by atoms with E-state index < -0.39 is 41.8 Å². The van der Waals surface area contributed by atoms with Gasteiger partial charge in [0.05, 0.1) is 41.1 Å². The molecule has 3 unspecified atom stereocenters. The minimum atomic E-state index is -0.789. The fourth-order valence-electron chi connectivity index (χ4n) is 11.9. The van der Waals surface area contributed by atoms with Gasteiger partial charge in [0.2, 0.25) is 0 Å². The predicted molar refractivity (Wildman–Crippen MR) is 327 cm³/mol. The van der Waals surface area contributed by atoms with Crippen LogP contribution < -0.4 is 0 Å². The first-order valence-corrected chi connectivity index (χ1v) is 29.9. The highest BCUT2D eigenvalue weighted by Gasteiger charge is 2.45. The molecule has 6 heterocycles. The summed E-state index contributed by atoms with van der Waals surface area (Å²) in [4.78, 5) is 38.4. The Labute approximate surface area is 498 Å². The van der Waals surface area contributed by atoms with Crippen LogP contribution in [0.4, 0.5) is 0 Å². The van der Waals surface area contributed by atoms with Crippen molar-refractivity contribution in [3.63, 3.8) is 0 Å². The van der Waals surface area contributed by atoms with Gasteiger partial charge in [-0.15, -0.1) is 0 Å². The van der Waals surface area contributed by atoms with Crippen molar-refractivity contribution in [2.45, 2.75) is 234 Å². The van der Waals surface area contributed by atoms with E-state index in [9.17, 15) is 24.6 Å². The molecule has 3 fully saturated rings. The molecule has 14 heteroatoms. The lowest BCUT2D eigenvalue weighted by Crippen LogP contribution is -2.34. The van der Waals surface area contributed by atoms with E-state index in [0.29, 0.717) is 48.8 Å². The summed E-state index contributed by atoms with van der Waals surface area (Å²) < 4.78 is 53.2. The van der Waals surface area contributed by atoms with Gasteiger partial charge in [-0.3, -0.25) is 0 Å². The number of hydrogen-bond donors (Lipinski definition) is 2. The normalized spacial score (nSPS) is 32.6. The SMILES string of the molecule is Cc1cc(C)c2c(c1)/C=C/C[C@@H]1OC(C)(C)O[C@@H]1C(C)/C=C\C[C@H](C)OC2=O.Cc1cc(C)c2c(c1)/C=C/C[C@@H]1OC(C)(C)O[C@@H]1C(O)/C=C\C[C@H](C)OC2=O.Cc1cc(C)c2c(c1)/C=C/C[C@H]1OC(C)(C)O[C@H]1C(O)/C=C\C[C@H](C)OC2=O. The number of carbonyl (C=O) groups excluding carboxylic acids is 3. The molecular formula is C70H92O14. The predicted octanol–water partition coefficient (Wildman–Crippen LogP) is 13.6. The van der Waals surface area contributed by atoms with Crippen LogP contribution >= 0.6 is 0 Å². The lowest BCUT2D eigenvalue weighted by atomic mass is 9.95. The van der Waals surface area contributed by atoms with Crippen LogP contribution in [0.1, 0.15) is 189 Å². The van der Waals surface area contributed by atoms with Crippen LogP contribution in [0, 0.1) is 47.5 Å². The number of fused-ring (bicyclic) bond motifs is 6. The van der Waals surface area contributed by atoms with E-state index in [1.54, 1.807) is 12.2 Å². The Morgan fingerprint density at radius 2 is 0.667 bits per heavy atom. The molecule has 9 rings (SSSR count). The van der Waals surface area contributed by atoms with Gasteiger partial charge < -0.3 is 52.8 Å². The molecule has 0 aliphatic carbocycles. The zero-order chi connectivity index (χ0) is 61.4. The molecule has 3 saturated heterocycles. The van der Waals surface area contributed by atoms with Crippen molar-refractivity contribution in [3.05, 3.63) is 158 Å². The van der Waals surface area contributed by atoms with Crippen molar-refractivity contribution in [3.8, 4) is 0 Å². The topological polar surface area (TPSA) is 175 Å². The first kappa shape index (κ1) is 65.7. The van der Waals surface area contributed by atoms with Crippen molar-refractivity contribution in [1.29, 1.82) is 0 Å². The number of hydrogen-bond acceptors (Lipinski definition) is 14. The highest BCUT2D eigenvalue weighted by atomic mass is 16.8. The average Bonchev–Trinajstić information content (AvgIpc) is 3.96. The third-order valence-corrected chi connectivity index (χ3v) is 15.4. The number of aliphatic hydroxyl groups excluding tert-OH is 2. The monoisotopic (exact) mass is 1160 g/mol. The zero-order valence-corrected chi connectivity index (χ0v) is 52.4. The molecule has 0 bridgehead atoms. The molecule has 2 N–H and O–H groups in total. The quantitative estimate of drug-likeness (QED) is 0.124. The number of rotatable bonds is 0. The van der Waals surface area contributed by atoms with Gasteiger partial charge in [0.25, 0.3) is 0 Å². The van der Waals surface area contributed by atoms with Crippen LogP contribution in [0.5, 0.6) is 0 Å². The van der Waals surface area contributed by atoms with Gasteiger partial charge in [0.15, 0.2) is 17.4 Å². The van der Waals surface area contributed by atoms with Gasteiger partial charge in [-0.05, 0) is 156 Å². The van der Waals surface area contributed by atoms with Crippen molar-refractivity contribution >= 4 is 36.1 Å². The van der Waals surface area contributed by atoms with Crippen LogP contribution in [0.3, 0.4) is 0 Å². The minimum Gasteiger partial charge on any atom is -0.459 e. The smallest absolute Gasteiger partial charge is 0.339 e. The Morgan fingerprint density at radius 3 is 0.988 bits per heavy atom. The number of aryl methyl sites for hydroxylation is 6. The third kappa shape index (κ3) is 17.7. The number of esters is 3. The highest BCUT2D eigenvalue weighted by molar-refractivity contribution is 5.97. The van der Waals surface area contributed by atoms with Gasteiger partial charge in [-0.2, -0.15) is 0 Å². The van der Waals surface area contributed by atoms with E-state index in [-0.39, 0.29) is 66.6 Å². The van der Waals surface area contributed by atoms with E-state index in [4.69, 9.17) is 42.6 Å². The lowest BCUT2D eigenvalue weighted by Gasteiger charge is -2.21.